The number of nitrogens with one attached hydrogen (secondary N) is 1. The number of aromatic nitrogens is 2. The van der Waals surface area contributed by atoms with Crippen LogP contribution >= 0.6 is 0 Å². The molecule has 0 aliphatic carbocycles. The van der Waals surface area contributed by atoms with Crippen LogP contribution < -0.4 is 5.56 Å². The molecule has 1 heterocycles. The Kier molecular flexibility index (Phi) is 1.64. The summed E-state index contributed by atoms with van der Waals surface area (Å²) in [7, 11) is 0. The van der Waals surface area contributed by atoms with E-state index in [0.717, 1.165) is 0 Å². The first kappa shape index (κ1) is 7.71. The lowest BCUT2D eigenvalue weighted by atomic mass is 10.1. The molecule has 0 unspecified atom stereocenters. The SMILES string of the molecule is CC(C)c1[nH]n(O)c(=O)c1O. The molecule has 0 aliphatic heterocycles. The van der Waals surface area contributed by atoms with Crippen molar-refractivity contribution in [3.63, 3.8) is 0 Å². The van der Waals surface area contributed by atoms with E-state index in [1.54, 1.807) is 13.8 Å². The number of H-pyrrole nitrogens is 1. The highest BCUT2D eigenvalue weighted by atomic mass is 16.5. The van der Waals surface area contributed by atoms with Gasteiger partial charge in [-0.1, -0.05) is 18.7 Å². The maximum absolute atomic E-state index is 10.7. The summed E-state index contributed by atoms with van der Waals surface area (Å²) < 4.78 is 0. The standard InChI is InChI=1S/C6H10N2O3/c1-3(2)4-5(9)6(10)8(11)7-4/h3,7,9,11H,1-2H3. The minimum absolute atomic E-state index is 0.0175. The molecule has 0 aliphatic rings. The summed E-state index contributed by atoms with van der Waals surface area (Å²) in [5.41, 5.74) is -0.466. The summed E-state index contributed by atoms with van der Waals surface area (Å²) in [6, 6.07) is 0. The number of nitrogens with zero attached hydrogens (tertiary/aromatic N) is 1. The van der Waals surface area contributed by atoms with Crippen molar-refractivity contribution >= 4 is 0 Å². The largest absolute Gasteiger partial charge is 0.502 e. The van der Waals surface area contributed by atoms with Crippen molar-refractivity contribution in [3.05, 3.63) is 16.0 Å². The molecule has 3 N–H and O–H groups in total. The van der Waals surface area contributed by atoms with Crippen molar-refractivity contribution in [3.8, 4) is 5.75 Å². The van der Waals surface area contributed by atoms with Crippen molar-refractivity contribution in [2.45, 2.75) is 19.8 Å². The highest BCUT2D eigenvalue weighted by Crippen LogP contribution is 2.18. The molecule has 5 heteroatoms. The van der Waals surface area contributed by atoms with Crippen LogP contribution in [-0.4, -0.2) is 20.3 Å². The maximum Gasteiger partial charge on any atom is 0.343 e. The summed E-state index contributed by atoms with van der Waals surface area (Å²) in [4.78, 5) is 11.0. The zero-order valence-electron chi connectivity index (χ0n) is 6.33. The van der Waals surface area contributed by atoms with E-state index in [1.807, 2.05) is 0 Å². The highest BCUT2D eigenvalue weighted by molar-refractivity contribution is 5.24. The van der Waals surface area contributed by atoms with E-state index in [-0.39, 0.29) is 10.8 Å². The van der Waals surface area contributed by atoms with E-state index in [9.17, 15) is 4.79 Å². The van der Waals surface area contributed by atoms with Gasteiger partial charge in [0.2, 0.25) is 5.75 Å². The normalized spacial score (nSPS) is 10.8. The molecule has 0 aromatic carbocycles. The second kappa shape index (κ2) is 2.34. The van der Waals surface area contributed by atoms with Gasteiger partial charge in [-0.3, -0.25) is 9.89 Å². The summed E-state index contributed by atoms with van der Waals surface area (Å²) in [5, 5.41) is 20.1. The number of rotatable bonds is 1. The van der Waals surface area contributed by atoms with E-state index in [1.165, 1.54) is 0 Å². The van der Waals surface area contributed by atoms with Crippen LogP contribution in [-0.2, 0) is 0 Å². The zero-order valence-corrected chi connectivity index (χ0v) is 6.33. The smallest absolute Gasteiger partial charge is 0.343 e. The van der Waals surface area contributed by atoms with Crippen LogP contribution in [0.3, 0.4) is 0 Å². The average Bonchev–Trinajstić information content (AvgIpc) is 2.17. The Labute approximate surface area is 62.8 Å². The van der Waals surface area contributed by atoms with Gasteiger partial charge >= 0.3 is 5.56 Å². The Hall–Kier alpha value is -1.39. The van der Waals surface area contributed by atoms with E-state index in [2.05, 4.69) is 5.10 Å². The summed E-state index contributed by atoms with van der Waals surface area (Å²) in [5.74, 6) is -0.432. The van der Waals surface area contributed by atoms with Crippen molar-refractivity contribution in [1.29, 1.82) is 0 Å². The van der Waals surface area contributed by atoms with Crippen molar-refractivity contribution < 1.29 is 10.3 Å². The van der Waals surface area contributed by atoms with E-state index in [4.69, 9.17) is 10.3 Å². The fourth-order valence-corrected chi connectivity index (χ4v) is 0.836. The maximum atomic E-state index is 10.7. The summed E-state index contributed by atoms with van der Waals surface area (Å²) in [6.07, 6.45) is 0. The van der Waals surface area contributed by atoms with Crippen LogP contribution in [0.1, 0.15) is 25.5 Å². The van der Waals surface area contributed by atoms with Crippen LogP contribution in [0.15, 0.2) is 4.79 Å². The number of aromatic hydroxyl groups is 1. The number of hydrogen-bond acceptors (Lipinski definition) is 3. The van der Waals surface area contributed by atoms with Crippen LogP contribution in [0.5, 0.6) is 5.75 Å². The highest BCUT2D eigenvalue weighted by Gasteiger charge is 2.14. The molecule has 0 atom stereocenters. The quantitative estimate of drug-likeness (QED) is 0.512. The minimum Gasteiger partial charge on any atom is -0.502 e. The predicted molar refractivity (Wildman–Crippen MR) is 38.0 cm³/mol. The summed E-state index contributed by atoms with van der Waals surface area (Å²) >= 11 is 0. The molecule has 0 amide bonds. The second-order valence-corrected chi connectivity index (χ2v) is 2.65. The molecule has 62 valence electrons. The molecule has 0 saturated carbocycles. The average molecular weight is 158 g/mol. The van der Waals surface area contributed by atoms with Gasteiger partial charge in [-0.2, -0.15) is 0 Å². The Morgan fingerprint density at radius 1 is 1.55 bits per heavy atom. The van der Waals surface area contributed by atoms with E-state index in [0.29, 0.717) is 5.69 Å². The molecule has 11 heavy (non-hydrogen) atoms. The third kappa shape index (κ3) is 1.09. The molecular formula is C6H10N2O3. The first-order chi connectivity index (χ1) is 5.04. The van der Waals surface area contributed by atoms with Gasteiger partial charge in [0.1, 0.15) is 0 Å². The molecule has 0 saturated heterocycles. The predicted octanol–water partition coefficient (Wildman–Crippen LogP) is 0.243. The van der Waals surface area contributed by atoms with Crippen LogP contribution in [0, 0.1) is 0 Å². The van der Waals surface area contributed by atoms with Gasteiger partial charge in [0.15, 0.2) is 0 Å². The minimum atomic E-state index is -0.811. The van der Waals surface area contributed by atoms with E-state index < -0.39 is 11.3 Å². The Morgan fingerprint density at radius 3 is 2.27 bits per heavy atom. The fraction of sp³-hybridized carbons (Fsp3) is 0.500. The first-order valence-electron chi connectivity index (χ1n) is 3.27. The molecule has 0 radical (unpaired) electrons. The lowest BCUT2D eigenvalue weighted by Crippen LogP contribution is -2.12. The first-order valence-corrected chi connectivity index (χ1v) is 3.27. The molecule has 1 aromatic rings. The third-order valence-electron chi connectivity index (χ3n) is 1.45. The van der Waals surface area contributed by atoms with Crippen molar-refractivity contribution in [2.75, 3.05) is 0 Å². The molecular weight excluding hydrogens is 148 g/mol. The van der Waals surface area contributed by atoms with Crippen LogP contribution in [0.25, 0.3) is 0 Å². The lowest BCUT2D eigenvalue weighted by molar-refractivity contribution is 0.137. The van der Waals surface area contributed by atoms with Gasteiger partial charge in [0, 0.05) is 0 Å². The Balaban J connectivity index is 3.30. The topological polar surface area (TPSA) is 78.2 Å². The molecule has 0 fully saturated rings. The fourth-order valence-electron chi connectivity index (χ4n) is 0.836. The van der Waals surface area contributed by atoms with E-state index >= 15 is 0 Å². The third-order valence-corrected chi connectivity index (χ3v) is 1.45. The van der Waals surface area contributed by atoms with Crippen molar-refractivity contribution in [1.82, 2.24) is 9.94 Å². The number of hydrogen-bond donors (Lipinski definition) is 3. The molecule has 1 aromatic heterocycles. The molecule has 1 rings (SSSR count). The van der Waals surface area contributed by atoms with Gasteiger partial charge in [-0.05, 0) is 5.92 Å². The van der Waals surface area contributed by atoms with Gasteiger partial charge in [-0.15, -0.1) is 0 Å². The van der Waals surface area contributed by atoms with Gasteiger partial charge < -0.3 is 10.3 Å². The van der Waals surface area contributed by atoms with Gasteiger partial charge in [0.25, 0.3) is 0 Å². The van der Waals surface area contributed by atoms with Crippen molar-refractivity contribution in [2.24, 2.45) is 0 Å². The van der Waals surface area contributed by atoms with Gasteiger partial charge in [-0.25, -0.2) is 0 Å². The monoisotopic (exact) mass is 158 g/mol. The summed E-state index contributed by atoms with van der Waals surface area (Å²) in [6.45, 7) is 3.59. The zero-order chi connectivity index (χ0) is 8.59. The molecule has 0 spiro atoms. The molecule has 0 bridgehead atoms. The van der Waals surface area contributed by atoms with Gasteiger partial charge in [0.05, 0.1) is 5.69 Å². The number of aromatic amines is 1. The lowest BCUT2D eigenvalue weighted by Gasteiger charge is -1.98. The molecule has 5 nitrogen and oxygen atoms in total. The second-order valence-electron chi connectivity index (χ2n) is 2.65. The van der Waals surface area contributed by atoms with Crippen LogP contribution in [0.2, 0.25) is 0 Å². The Morgan fingerprint density at radius 2 is 2.09 bits per heavy atom. The van der Waals surface area contributed by atoms with Crippen LogP contribution in [0.4, 0.5) is 0 Å². The Bertz CT molecular complexity index is 310.